The van der Waals surface area contributed by atoms with Crippen LogP contribution in [0.3, 0.4) is 0 Å². The molecule has 2 aromatic carbocycles. The summed E-state index contributed by atoms with van der Waals surface area (Å²) in [6.07, 6.45) is 1.28. The molecular formula is C28H25Cl2N5O5S2. The first-order valence-corrected chi connectivity index (χ1v) is 16.2. The third-order valence-corrected chi connectivity index (χ3v) is 10.9. The highest BCUT2D eigenvalue weighted by Gasteiger charge is 2.36. The number of rotatable bonds is 7. The van der Waals surface area contributed by atoms with E-state index in [0.717, 1.165) is 21.2 Å². The van der Waals surface area contributed by atoms with Crippen LogP contribution >= 0.6 is 34.5 Å². The average Bonchev–Trinajstić information content (AvgIpc) is 3.56. The number of ether oxygens (including phenoxy) is 1. The highest BCUT2D eigenvalue weighted by Crippen LogP contribution is 2.40. The smallest absolute Gasteiger partial charge is 0.304 e. The largest absolute Gasteiger partial charge is 0.481 e. The minimum Gasteiger partial charge on any atom is -0.481 e. The molecule has 0 radical (unpaired) electrons. The van der Waals surface area contributed by atoms with Crippen LogP contribution < -0.4 is 4.74 Å². The molecule has 0 bridgehead atoms. The van der Waals surface area contributed by atoms with Gasteiger partial charge in [0, 0.05) is 30.4 Å². The Kier molecular flexibility index (Phi) is 7.60. The van der Waals surface area contributed by atoms with Crippen LogP contribution in [0.1, 0.15) is 42.4 Å². The Morgan fingerprint density at radius 1 is 1.24 bits per heavy atom. The van der Waals surface area contributed by atoms with Crippen LogP contribution in [-0.4, -0.2) is 56.4 Å². The van der Waals surface area contributed by atoms with Gasteiger partial charge in [-0.1, -0.05) is 47.5 Å². The van der Waals surface area contributed by atoms with Crippen LogP contribution in [0.2, 0.25) is 10.0 Å². The molecular weight excluding hydrogens is 621 g/mol. The zero-order valence-electron chi connectivity index (χ0n) is 22.5. The molecule has 5 aromatic rings. The highest BCUT2D eigenvalue weighted by molar-refractivity contribution is 7.89. The molecule has 0 saturated carbocycles. The molecule has 0 amide bonds. The summed E-state index contributed by atoms with van der Waals surface area (Å²) < 4.78 is 37.7. The third-order valence-electron chi connectivity index (χ3n) is 7.45. The van der Waals surface area contributed by atoms with Gasteiger partial charge in [-0.05, 0) is 58.1 Å². The molecule has 0 saturated heterocycles. The molecule has 1 unspecified atom stereocenters. The van der Waals surface area contributed by atoms with Gasteiger partial charge in [-0.15, -0.1) is 16.4 Å². The van der Waals surface area contributed by atoms with E-state index in [1.54, 1.807) is 17.8 Å². The fraction of sp³-hybridized carbons (Fsp3) is 0.286. The molecule has 1 N–H and O–H groups in total. The number of carboxylic acids is 1. The van der Waals surface area contributed by atoms with Crippen molar-refractivity contribution in [2.45, 2.75) is 43.2 Å². The molecule has 0 spiro atoms. The number of sulfonamides is 1. The summed E-state index contributed by atoms with van der Waals surface area (Å²) in [6.45, 7) is 2.07. The van der Waals surface area contributed by atoms with Gasteiger partial charge in [0.2, 0.25) is 15.9 Å². The zero-order valence-corrected chi connectivity index (χ0v) is 25.6. The predicted octanol–water partition coefficient (Wildman–Crippen LogP) is 5.85. The van der Waals surface area contributed by atoms with Crippen molar-refractivity contribution in [3.05, 3.63) is 74.7 Å². The molecule has 0 fully saturated rings. The maximum absolute atomic E-state index is 13.9. The summed E-state index contributed by atoms with van der Waals surface area (Å²) in [7, 11) is -2.28. The standard InChI is InChI=1S/C28H25Cl2N5O5S2/c1-3-19-14-35(42(38,39)23-10-18(29)12-31-28(23)40-19)13-17-9-16(8-15-6-7-41-27(15)17)21(11-24(36)37)20-4-5-22-26(25(20)30)32-33-34(22)2/h4-10,12,19,21H,3,11,13-14H2,1-2H3,(H,36,37)/t19-,21?/m1/s1. The Morgan fingerprint density at radius 3 is 2.81 bits per heavy atom. The molecule has 218 valence electrons. The molecule has 4 heterocycles. The molecule has 14 heteroatoms. The molecule has 1 aliphatic heterocycles. The molecule has 1 aliphatic rings. The molecule has 2 atom stereocenters. The number of aromatic nitrogens is 4. The second kappa shape index (κ2) is 11.1. The second-order valence-electron chi connectivity index (χ2n) is 10.1. The molecule has 10 nitrogen and oxygen atoms in total. The second-order valence-corrected chi connectivity index (χ2v) is 13.8. The van der Waals surface area contributed by atoms with Crippen molar-refractivity contribution < 1.29 is 23.1 Å². The number of aryl methyl sites for hydroxylation is 1. The minimum absolute atomic E-state index is 0.0272. The van der Waals surface area contributed by atoms with Gasteiger partial charge in [-0.2, -0.15) is 4.31 Å². The summed E-state index contributed by atoms with van der Waals surface area (Å²) in [5.41, 5.74) is 3.24. The van der Waals surface area contributed by atoms with E-state index in [-0.39, 0.29) is 35.3 Å². The number of thiophene rings is 1. The van der Waals surface area contributed by atoms with Gasteiger partial charge in [0.25, 0.3) is 0 Å². The van der Waals surface area contributed by atoms with E-state index >= 15 is 0 Å². The molecule has 3 aromatic heterocycles. The minimum atomic E-state index is -4.03. The summed E-state index contributed by atoms with van der Waals surface area (Å²) in [4.78, 5) is 16.2. The Labute approximate surface area is 255 Å². The fourth-order valence-corrected chi connectivity index (χ4v) is 8.32. The van der Waals surface area contributed by atoms with Gasteiger partial charge in [0.05, 0.1) is 28.5 Å². The van der Waals surface area contributed by atoms with E-state index in [2.05, 4.69) is 15.3 Å². The molecule has 0 aliphatic carbocycles. The number of hydrogen-bond acceptors (Lipinski definition) is 8. The third kappa shape index (κ3) is 5.11. The van der Waals surface area contributed by atoms with Crippen molar-refractivity contribution in [3.8, 4) is 5.88 Å². The lowest BCUT2D eigenvalue weighted by Gasteiger charge is -2.24. The number of hydrogen-bond donors (Lipinski definition) is 1. The van der Waals surface area contributed by atoms with Crippen molar-refractivity contribution >= 4 is 71.7 Å². The average molecular weight is 647 g/mol. The van der Waals surface area contributed by atoms with E-state index in [9.17, 15) is 18.3 Å². The van der Waals surface area contributed by atoms with E-state index in [4.69, 9.17) is 27.9 Å². The first kappa shape index (κ1) is 28.8. The number of halogens is 2. The Morgan fingerprint density at radius 2 is 2.05 bits per heavy atom. The van der Waals surface area contributed by atoms with E-state index in [0.29, 0.717) is 28.1 Å². The number of carbonyl (C=O) groups is 1. The van der Waals surface area contributed by atoms with Gasteiger partial charge >= 0.3 is 5.97 Å². The Hall–Kier alpha value is -3.29. The van der Waals surface area contributed by atoms with E-state index in [1.165, 1.54) is 27.9 Å². The van der Waals surface area contributed by atoms with Gasteiger partial charge in [0.1, 0.15) is 16.5 Å². The van der Waals surface area contributed by atoms with Crippen LogP contribution in [0, 0.1) is 0 Å². The highest BCUT2D eigenvalue weighted by atomic mass is 35.5. The first-order chi connectivity index (χ1) is 20.1. The molecule has 42 heavy (non-hydrogen) atoms. The summed E-state index contributed by atoms with van der Waals surface area (Å²) in [5.74, 6) is -1.60. The quantitative estimate of drug-likeness (QED) is 0.233. The summed E-state index contributed by atoms with van der Waals surface area (Å²) in [6, 6.07) is 10.7. The van der Waals surface area contributed by atoms with Crippen molar-refractivity contribution in [1.29, 1.82) is 0 Å². The van der Waals surface area contributed by atoms with Crippen molar-refractivity contribution in [2.75, 3.05) is 6.54 Å². The molecule has 6 rings (SSSR count). The summed E-state index contributed by atoms with van der Waals surface area (Å²) in [5, 5.41) is 21.4. The van der Waals surface area contributed by atoms with Crippen molar-refractivity contribution in [1.82, 2.24) is 24.3 Å². The van der Waals surface area contributed by atoms with Gasteiger partial charge in [-0.3, -0.25) is 4.79 Å². The number of aliphatic carboxylic acids is 1. The van der Waals surface area contributed by atoms with Crippen LogP contribution in [0.4, 0.5) is 0 Å². The van der Waals surface area contributed by atoms with Crippen molar-refractivity contribution in [2.24, 2.45) is 7.05 Å². The van der Waals surface area contributed by atoms with Crippen LogP contribution in [0.15, 0.2) is 52.9 Å². The number of carboxylic acid groups (broad SMARTS) is 1. The lowest BCUT2D eigenvalue weighted by Crippen LogP contribution is -2.36. The Balaban J connectivity index is 1.47. The lowest BCUT2D eigenvalue weighted by molar-refractivity contribution is -0.137. The summed E-state index contributed by atoms with van der Waals surface area (Å²) >= 11 is 14.4. The topological polar surface area (TPSA) is 128 Å². The first-order valence-electron chi connectivity index (χ1n) is 13.1. The lowest BCUT2D eigenvalue weighted by atomic mass is 9.86. The number of benzene rings is 2. The predicted molar refractivity (Wildman–Crippen MR) is 161 cm³/mol. The van der Waals surface area contributed by atoms with Crippen LogP contribution in [-0.2, 0) is 28.4 Å². The van der Waals surface area contributed by atoms with Gasteiger partial charge < -0.3 is 9.84 Å². The van der Waals surface area contributed by atoms with Gasteiger partial charge in [0.15, 0.2) is 0 Å². The fourth-order valence-electron chi connectivity index (χ4n) is 5.33. The monoisotopic (exact) mass is 645 g/mol. The Bertz CT molecular complexity index is 1960. The maximum Gasteiger partial charge on any atom is 0.304 e. The van der Waals surface area contributed by atoms with Crippen molar-refractivity contribution in [3.63, 3.8) is 0 Å². The van der Waals surface area contributed by atoms with E-state index in [1.807, 2.05) is 36.6 Å². The van der Waals surface area contributed by atoms with Crippen LogP contribution in [0.5, 0.6) is 5.88 Å². The van der Waals surface area contributed by atoms with Gasteiger partial charge in [-0.25, -0.2) is 18.1 Å². The maximum atomic E-state index is 13.9. The van der Waals surface area contributed by atoms with Crippen LogP contribution in [0.25, 0.3) is 21.1 Å². The SMILES string of the molecule is CC[C@@H]1CN(Cc2cc(C(CC(=O)O)c3ccc4c(nnn4C)c3Cl)cc3ccsc23)S(=O)(=O)c2cc(Cl)cnc2O1. The normalized spacial score (nSPS) is 17.6. The van der Waals surface area contributed by atoms with E-state index < -0.39 is 28.0 Å². The number of pyridine rings is 1. The number of fused-ring (bicyclic) bond motifs is 3. The number of nitrogens with zero attached hydrogens (tertiary/aromatic N) is 5. The zero-order chi connectivity index (χ0) is 29.8.